The number of methoxy groups -OCH3 is 1. The topological polar surface area (TPSA) is 61.1 Å². The fourth-order valence-corrected chi connectivity index (χ4v) is 2.02. The number of nitrogens with one attached hydrogen (secondary N) is 1. The van der Waals surface area contributed by atoms with Crippen LogP contribution in [-0.2, 0) is 24.9 Å². The summed E-state index contributed by atoms with van der Waals surface area (Å²) in [7, 11) is 3.53. The zero-order chi connectivity index (χ0) is 14.5. The Kier molecular flexibility index (Phi) is 4.57. The van der Waals surface area contributed by atoms with Gasteiger partial charge in [-0.1, -0.05) is 0 Å². The van der Waals surface area contributed by atoms with E-state index >= 15 is 0 Å². The molecule has 6 heteroatoms. The molecule has 108 valence electrons. The largest absolute Gasteiger partial charge is 0.383 e. The number of rotatable bonds is 6. The molecule has 0 aliphatic carbocycles. The SMILES string of the molecule is COCCn1cc(NCc2cn(C)nc2C)ccc1=O. The summed E-state index contributed by atoms with van der Waals surface area (Å²) in [5.74, 6) is 0. The van der Waals surface area contributed by atoms with Gasteiger partial charge in [0.15, 0.2) is 0 Å². The lowest BCUT2D eigenvalue weighted by atomic mass is 10.2. The minimum Gasteiger partial charge on any atom is -0.383 e. The highest BCUT2D eigenvalue weighted by Gasteiger charge is 2.03. The van der Waals surface area contributed by atoms with Crippen molar-refractivity contribution in [1.29, 1.82) is 0 Å². The van der Waals surface area contributed by atoms with E-state index in [1.54, 1.807) is 28.5 Å². The normalized spacial score (nSPS) is 10.8. The minimum atomic E-state index is -0.0230. The van der Waals surface area contributed by atoms with E-state index in [-0.39, 0.29) is 5.56 Å². The van der Waals surface area contributed by atoms with Crippen LogP contribution in [0, 0.1) is 6.92 Å². The third-order valence-electron chi connectivity index (χ3n) is 3.12. The Morgan fingerprint density at radius 3 is 2.80 bits per heavy atom. The fourth-order valence-electron chi connectivity index (χ4n) is 2.02. The van der Waals surface area contributed by atoms with E-state index in [0.717, 1.165) is 16.9 Å². The maximum absolute atomic E-state index is 11.7. The van der Waals surface area contributed by atoms with Crippen molar-refractivity contribution in [3.05, 3.63) is 46.1 Å². The van der Waals surface area contributed by atoms with Crippen molar-refractivity contribution in [3.8, 4) is 0 Å². The molecule has 0 aliphatic heterocycles. The standard InChI is InChI=1S/C14H20N4O2/c1-11-12(9-17(2)16-11)8-15-13-4-5-14(19)18(10-13)6-7-20-3/h4-5,9-10,15H,6-8H2,1-3H3. The van der Waals surface area contributed by atoms with Crippen molar-refractivity contribution in [2.75, 3.05) is 19.0 Å². The molecule has 20 heavy (non-hydrogen) atoms. The van der Waals surface area contributed by atoms with Crippen molar-refractivity contribution < 1.29 is 4.74 Å². The molecule has 0 saturated carbocycles. The summed E-state index contributed by atoms with van der Waals surface area (Å²) in [6.45, 7) is 3.74. The highest BCUT2D eigenvalue weighted by atomic mass is 16.5. The van der Waals surface area contributed by atoms with E-state index in [0.29, 0.717) is 19.7 Å². The summed E-state index contributed by atoms with van der Waals surface area (Å²) in [5, 5.41) is 7.61. The average molecular weight is 276 g/mol. The van der Waals surface area contributed by atoms with Crippen LogP contribution in [0.4, 0.5) is 5.69 Å². The Bertz CT molecular complexity index is 630. The minimum absolute atomic E-state index is 0.0230. The average Bonchev–Trinajstić information content (AvgIpc) is 2.74. The molecule has 0 aliphatic rings. The zero-order valence-corrected chi connectivity index (χ0v) is 12.1. The smallest absolute Gasteiger partial charge is 0.250 e. The Balaban J connectivity index is 2.06. The maximum Gasteiger partial charge on any atom is 0.250 e. The van der Waals surface area contributed by atoms with E-state index in [4.69, 9.17) is 4.74 Å². The number of pyridine rings is 1. The molecule has 6 nitrogen and oxygen atoms in total. The summed E-state index contributed by atoms with van der Waals surface area (Å²) in [6, 6.07) is 3.35. The van der Waals surface area contributed by atoms with Crippen LogP contribution in [0.25, 0.3) is 0 Å². The quantitative estimate of drug-likeness (QED) is 0.859. The van der Waals surface area contributed by atoms with E-state index in [1.807, 2.05) is 26.4 Å². The molecule has 2 heterocycles. The van der Waals surface area contributed by atoms with Crippen molar-refractivity contribution in [1.82, 2.24) is 14.3 Å². The van der Waals surface area contributed by atoms with Crippen LogP contribution >= 0.6 is 0 Å². The van der Waals surface area contributed by atoms with Gasteiger partial charge in [-0.3, -0.25) is 9.48 Å². The van der Waals surface area contributed by atoms with E-state index in [2.05, 4.69) is 10.4 Å². The number of aryl methyl sites for hydroxylation is 2. The van der Waals surface area contributed by atoms with Gasteiger partial charge in [-0.2, -0.15) is 5.10 Å². The van der Waals surface area contributed by atoms with Crippen LogP contribution < -0.4 is 10.9 Å². The van der Waals surface area contributed by atoms with E-state index < -0.39 is 0 Å². The number of ether oxygens (including phenoxy) is 1. The predicted molar refractivity (Wildman–Crippen MR) is 77.8 cm³/mol. The Morgan fingerprint density at radius 2 is 2.15 bits per heavy atom. The van der Waals surface area contributed by atoms with Gasteiger partial charge < -0.3 is 14.6 Å². The molecule has 0 bridgehead atoms. The molecule has 2 aromatic rings. The van der Waals surface area contributed by atoms with Crippen molar-refractivity contribution >= 4 is 5.69 Å². The summed E-state index contributed by atoms with van der Waals surface area (Å²) >= 11 is 0. The van der Waals surface area contributed by atoms with Gasteiger partial charge in [0.25, 0.3) is 5.56 Å². The number of hydrogen-bond donors (Lipinski definition) is 1. The summed E-state index contributed by atoms with van der Waals surface area (Å²) in [4.78, 5) is 11.7. The first-order valence-electron chi connectivity index (χ1n) is 6.52. The predicted octanol–water partition coefficient (Wildman–Crippen LogP) is 1.15. The van der Waals surface area contributed by atoms with Crippen LogP contribution in [0.2, 0.25) is 0 Å². The molecule has 0 saturated heterocycles. The lowest BCUT2D eigenvalue weighted by molar-refractivity contribution is 0.186. The Labute approximate surface area is 118 Å². The lowest BCUT2D eigenvalue weighted by Gasteiger charge is -2.09. The number of hydrogen-bond acceptors (Lipinski definition) is 4. The van der Waals surface area contributed by atoms with E-state index in [1.165, 1.54) is 0 Å². The molecule has 0 aromatic carbocycles. The van der Waals surface area contributed by atoms with Crippen molar-refractivity contribution in [3.63, 3.8) is 0 Å². The number of anilines is 1. The van der Waals surface area contributed by atoms with Crippen LogP contribution in [0.3, 0.4) is 0 Å². The molecule has 0 atom stereocenters. The third-order valence-corrected chi connectivity index (χ3v) is 3.12. The zero-order valence-electron chi connectivity index (χ0n) is 12.1. The van der Waals surface area contributed by atoms with Gasteiger partial charge in [-0.25, -0.2) is 0 Å². The monoisotopic (exact) mass is 276 g/mol. The molecule has 0 fully saturated rings. The third kappa shape index (κ3) is 3.48. The summed E-state index contributed by atoms with van der Waals surface area (Å²) in [6.07, 6.45) is 3.80. The van der Waals surface area contributed by atoms with Crippen LogP contribution in [0.5, 0.6) is 0 Å². The van der Waals surface area contributed by atoms with Crippen LogP contribution in [0.15, 0.2) is 29.3 Å². The van der Waals surface area contributed by atoms with Gasteiger partial charge in [0.05, 0.1) is 18.0 Å². The summed E-state index contributed by atoms with van der Waals surface area (Å²) in [5.41, 5.74) is 3.03. The van der Waals surface area contributed by atoms with Crippen LogP contribution in [0.1, 0.15) is 11.3 Å². The molecule has 0 spiro atoms. The second-order valence-electron chi connectivity index (χ2n) is 4.71. The number of nitrogens with zero attached hydrogens (tertiary/aromatic N) is 3. The molecule has 0 amide bonds. The first-order chi connectivity index (χ1) is 9.60. The molecule has 0 unspecified atom stereocenters. The van der Waals surface area contributed by atoms with Gasteiger partial charge in [-0.05, 0) is 13.0 Å². The first kappa shape index (κ1) is 14.3. The van der Waals surface area contributed by atoms with Gasteiger partial charge in [0.2, 0.25) is 0 Å². The second-order valence-corrected chi connectivity index (χ2v) is 4.71. The molecular formula is C14H20N4O2. The Hall–Kier alpha value is -2.08. The van der Waals surface area contributed by atoms with Gasteiger partial charge >= 0.3 is 0 Å². The lowest BCUT2D eigenvalue weighted by Crippen LogP contribution is -2.21. The van der Waals surface area contributed by atoms with Gasteiger partial charge in [0.1, 0.15) is 0 Å². The highest BCUT2D eigenvalue weighted by molar-refractivity contribution is 5.41. The van der Waals surface area contributed by atoms with E-state index in [9.17, 15) is 4.79 Å². The van der Waals surface area contributed by atoms with Crippen LogP contribution in [-0.4, -0.2) is 28.1 Å². The second kappa shape index (κ2) is 6.38. The highest BCUT2D eigenvalue weighted by Crippen LogP contribution is 2.09. The molecule has 2 rings (SSSR count). The summed E-state index contributed by atoms with van der Waals surface area (Å²) < 4.78 is 8.44. The Morgan fingerprint density at radius 1 is 1.35 bits per heavy atom. The molecule has 0 radical (unpaired) electrons. The molecular weight excluding hydrogens is 256 g/mol. The van der Waals surface area contributed by atoms with Gasteiger partial charge in [0, 0.05) is 51.3 Å². The van der Waals surface area contributed by atoms with Crippen molar-refractivity contribution in [2.45, 2.75) is 20.0 Å². The van der Waals surface area contributed by atoms with Crippen molar-refractivity contribution in [2.24, 2.45) is 7.05 Å². The number of aromatic nitrogens is 3. The molecule has 1 N–H and O–H groups in total. The maximum atomic E-state index is 11.7. The fraction of sp³-hybridized carbons (Fsp3) is 0.429. The first-order valence-corrected chi connectivity index (χ1v) is 6.52. The van der Waals surface area contributed by atoms with Gasteiger partial charge in [-0.15, -0.1) is 0 Å². The molecule has 2 aromatic heterocycles.